The second-order valence-corrected chi connectivity index (χ2v) is 6.20. The highest BCUT2D eigenvalue weighted by molar-refractivity contribution is 7.98. The molecule has 2 unspecified atom stereocenters. The number of thioether (sulfide) groups is 1. The minimum atomic E-state index is -0.816. The number of carboxylic acid groups (broad SMARTS) is 1. The Morgan fingerprint density at radius 2 is 2.00 bits per heavy atom. The number of nitrogens with one attached hydrogen (secondary N) is 1. The van der Waals surface area contributed by atoms with Crippen LogP contribution in [-0.2, 0) is 11.3 Å². The third-order valence-corrected chi connectivity index (χ3v) is 4.05. The summed E-state index contributed by atoms with van der Waals surface area (Å²) in [6, 6.07) is 7.53. The lowest BCUT2D eigenvalue weighted by molar-refractivity contribution is -0.138. The largest absolute Gasteiger partial charge is 0.481 e. The first-order valence-electron chi connectivity index (χ1n) is 6.59. The predicted molar refractivity (Wildman–Crippen MR) is 83.2 cm³/mol. The molecule has 0 radical (unpaired) electrons. The van der Waals surface area contributed by atoms with E-state index in [1.165, 1.54) is 0 Å². The molecule has 0 fully saturated rings. The number of benzene rings is 1. The van der Waals surface area contributed by atoms with Crippen LogP contribution < -0.4 is 5.32 Å². The van der Waals surface area contributed by atoms with E-state index < -0.39 is 17.5 Å². The molecule has 0 aliphatic carbocycles. The van der Waals surface area contributed by atoms with Gasteiger partial charge < -0.3 is 15.5 Å². The van der Waals surface area contributed by atoms with E-state index in [0.717, 1.165) is 11.1 Å². The highest BCUT2D eigenvalue weighted by atomic mass is 32.2. The van der Waals surface area contributed by atoms with Gasteiger partial charge >= 0.3 is 5.97 Å². The Bertz CT molecular complexity index is 431. The van der Waals surface area contributed by atoms with Gasteiger partial charge in [0.25, 0.3) is 0 Å². The lowest BCUT2D eigenvalue weighted by atomic mass is 10.00. The Balaban J connectivity index is 2.48. The fraction of sp³-hybridized carbons (Fsp3) is 0.533. The van der Waals surface area contributed by atoms with Crippen molar-refractivity contribution in [3.63, 3.8) is 0 Å². The summed E-state index contributed by atoms with van der Waals surface area (Å²) < 4.78 is 0. The molecule has 0 aromatic heterocycles. The SMILES string of the molecule is CSCC(C)(O)CNCc1ccc(C(C)C(=O)O)cc1. The number of hydrogen-bond acceptors (Lipinski definition) is 4. The molecule has 3 N–H and O–H groups in total. The lowest BCUT2D eigenvalue weighted by Gasteiger charge is -2.22. The van der Waals surface area contributed by atoms with Crippen LogP contribution in [0.4, 0.5) is 0 Å². The molecule has 0 aliphatic rings. The summed E-state index contributed by atoms with van der Waals surface area (Å²) in [7, 11) is 0. The number of aliphatic carboxylic acids is 1. The van der Waals surface area contributed by atoms with Crippen molar-refractivity contribution in [1.82, 2.24) is 5.32 Å². The van der Waals surface area contributed by atoms with Crippen LogP contribution in [0.25, 0.3) is 0 Å². The molecule has 0 heterocycles. The van der Waals surface area contributed by atoms with Gasteiger partial charge in [0.05, 0.1) is 11.5 Å². The van der Waals surface area contributed by atoms with Gasteiger partial charge in [-0.3, -0.25) is 4.79 Å². The molecule has 0 saturated heterocycles. The zero-order chi connectivity index (χ0) is 15.2. The molecule has 0 aliphatic heterocycles. The molecule has 112 valence electrons. The van der Waals surface area contributed by atoms with Crippen molar-refractivity contribution in [3.8, 4) is 0 Å². The van der Waals surface area contributed by atoms with Crippen LogP contribution in [0.2, 0.25) is 0 Å². The summed E-state index contributed by atoms with van der Waals surface area (Å²) in [4.78, 5) is 10.9. The van der Waals surface area contributed by atoms with Gasteiger partial charge in [0, 0.05) is 18.8 Å². The third-order valence-electron chi connectivity index (χ3n) is 3.14. The van der Waals surface area contributed by atoms with Gasteiger partial charge in [0.2, 0.25) is 0 Å². The molecule has 1 aromatic carbocycles. The summed E-state index contributed by atoms with van der Waals surface area (Å²) in [6.07, 6.45) is 1.97. The van der Waals surface area contributed by atoms with Crippen LogP contribution in [-0.4, -0.2) is 40.3 Å². The van der Waals surface area contributed by atoms with Crippen LogP contribution in [0.5, 0.6) is 0 Å². The van der Waals surface area contributed by atoms with Crippen LogP contribution in [0.3, 0.4) is 0 Å². The Kier molecular flexibility index (Phi) is 6.52. The first kappa shape index (κ1) is 17.0. The Hall–Kier alpha value is -1.04. The van der Waals surface area contributed by atoms with E-state index in [1.54, 1.807) is 18.7 Å². The van der Waals surface area contributed by atoms with E-state index in [2.05, 4.69) is 5.32 Å². The maximum absolute atomic E-state index is 10.9. The quantitative estimate of drug-likeness (QED) is 0.685. The third kappa shape index (κ3) is 5.53. The zero-order valence-electron chi connectivity index (χ0n) is 12.2. The lowest BCUT2D eigenvalue weighted by Crippen LogP contribution is -2.39. The van der Waals surface area contributed by atoms with Gasteiger partial charge in [-0.2, -0.15) is 11.8 Å². The Morgan fingerprint density at radius 3 is 2.50 bits per heavy atom. The van der Waals surface area contributed by atoms with Gasteiger partial charge in [-0.25, -0.2) is 0 Å². The summed E-state index contributed by atoms with van der Waals surface area (Å²) in [5, 5.41) is 22.2. The van der Waals surface area contributed by atoms with Crippen LogP contribution in [0.15, 0.2) is 24.3 Å². The summed E-state index contributed by atoms with van der Waals surface area (Å²) >= 11 is 1.62. The van der Waals surface area contributed by atoms with Crippen LogP contribution in [0, 0.1) is 0 Å². The second kappa shape index (κ2) is 7.67. The molecular weight excluding hydrogens is 274 g/mol. The first-order chi connectivity index (χ1) is 9.35. The van der Waals surface area contributed by atoms with Gasteiger partial charge in [-0.05, 0) is 31.2 Å². The number of carbonyl (C=O) groups is 1. The van der Waals surface area contributed by atoms with Crippen molar-refractivity contribution in [3.05, 3.63) is 35.4 Å². The summed E-state index contributed by atoms with van der Waals surface area (Å²) in [6.45, 7) is 4.68. The molecule has 1 aromatic rings. The van der Waals surface area contributed by atoms with E-state index in [0.29, 0.717) is 18.8 Å². The zero-order valence-corrected chi connectivity index (χ0v) is 13.0. The standard InChI is InChI=1S/C15H23NO3S/c1-11(14(17)18)13-6-4-12(5-7-13)8-16-9-15(2,19)10-20-3/h4-7,11,16,19H,8-10H2,1-3H3,(H,17,18). The van der Waals surface area contributed by atoms with E-state index in [9.17, 15) is 9.90 Å². The van der Waals surface area contributed by atoms with E-state index in [1.807, 2.05) is 37.4 Å². The second-order valence-electron chi connectivity index (χ2n) is 5.34. The molecule has 5 heteroatoms. The van der Waals surface area contributed by atoms with Crippen molar-refractivity contribution < 1.29 is 15.0 Å². The maximum atomic E-state index is 10.9. The molecule has 0 bridgehead atoms. The summed E-state index contributed by atoms with van der Waals surface area (Å²) in [5.41, 5.74) is 1.17. The van der Waals surface area contributed by atoms with Crippen molar-refractivity contribution in [2.75, 3.05) is 18.6 Å². The topological polar surface area (TPSA) is 69.6 Å². The average Bonchev–Trinajstić information content (AvgIpc) is 2.38. The van der Waals surface area contributed by atoms with Crippen molar-refractivity contribution in [1.29, 1.82) is 0 Å². The minimum absolute atomic E-state index is 0.487. The molecule has 1 rings (SSSR count). The fourth-order valence-electron chi connectivity index (χ4n) is 1.90. The molecule has 0 spiro atoms. The highest BCUT2D eigenvalue weighted by Crippen LogP contribution is 2.16. The Morgan fingerprint density at radius 1 is 1.40 bits per heavy atom. The number of hydrogen-bond donors (Lipinski definition) is 3. The minimum Gasteiger partial charge on any atom is -0.481 e. The van der Waals surface area contributed by atoms with Crippen molar-refractivity contribution in [2.45, 2.75) is 31.9 Å². The van der Waals surface area contributed by atoms with E-state index in [4.69, 9.17) is 5.11 Å². The average molecular weight is 297 g/mol. The highest BCUT2D eigenvalue weighted by Gasteiger charge is 2.18. The Labute approximate surface area is 124 Å². The number of carboxylic acids is 1. The molecule has 0 saturated carbocycles. The maximum Gasteiger partial charge on any atom is 0.310 e. The van der Waals surface area contributed by atoms with Gasteiger partial charge in [0.1, 0.15) is 0 Å². The van der Waals surface area contributed by atoms with Gasteiger partial charge in [0.15, 0.2) is 0 Å². The fourth-order valence-corrected chi connectivity index (χ4v) is 2.63. The van der Waals surface area contributed by atoms with Crippen molar-refractivity contribution >= 4 is 17.7 Å². The van der Waals surface area contributed by atoms with Crippen molar-refractivity contribution in [2.24, 2.45) is 0 Å². The molecular formula is C15H23NO3S. The smallest absolute Gasteiger partial charge is 0.310 e. The molecule has 0 amide bonds. The van der Waals surface area contributed by atoms with Crippen LogP contribution in [0.1, 0.15) is 30.9 Å². The predicted octanol–water partition coefficient (Wildman–Crippen LogP) is 2.08. The monoisotopic (exact) mass is 297 g/mol. The van der Waals surface area contributed by atoms with Gasteiger partial charge in [-0.1, -0.05) is 24.3 Å². The van der Waals surface area contributed by atoms with E-state index >= 15 is 0 Å². The number of aliphatic hydroxyl groups is 1. The normalized spacial score (nSPS) is 15.6. The first-order valence-corrected chi connectivity index (χ1v) is 7.99. The van der Waals surface area contributed by atoms with Crippen LogP contribution >= 0.6 is 11.8 Å². The number of rotatable bonds is 8. The van der Waals surface area contributed by atoms with Gasteiger partial charge in [-0.15, -0.1) is 0 Å². The van der Waals surface area contributed by atoms with E-state index in [-0.39, 0.29) is 0 Å². The molecule has 4 nitrogen and oxygen atoms in total. The molecule has 2 atom stereocenters. The summed E-state index contributed by atoms with van der Waals surface area (Å²) in [5.74, 6) is -0.613. The molecule has 20 heavy (non-hydrogen) atoms.